The van der Waals surface area contributed by atoms with Crippen molar-refractivity contribution in [3.8, 4) is 0 Å². The monoisotopic (exact) mass is 261 g/mol. The number of nitrogen functional groups attached to an aromatic ring is 1. The van der Waals surface area contributed by atoms with Gasteiger partial charge < -0.3 is 14.7 Å². The van der Waals surface area contributed by atoms with E-state index in [1.54, 1.807) is 28.8 Å². The second-order valence-corrected chi connectivity index (χ2v) is 3.83. The molecular formula is C11H11N5O3. The van der Waals surface area contributed by atoms with E-state index in [-0.39, 0.29) is 11.7 Å². The maximum atomic E-state index is 11.2. The molecule has 0 atom stereocenters. The Morgan fingerprint density at radius 3 is 2.63 bits per heavy atom. The zero-order valence-electron chi connectivity index (χ0n) is 9.81. The molecule has 0 aliphatic carbocycles. The Labute approximate surface area is 108 Å². The molecule has 0 aliphatic heterocycles. The van der Waals surface area contributed by atoms with Crippen LogP contribution in [0.15, 0.2) is 36.8 Å². The molecule has 3 N–H and O–H groups in total. The average molecular weight is 261 g/mol. The molecule has 0 saturated heterocycles. The van der Waals surface area contributed by atoms with E-state index in [0.29, 0.717) is 12.1 Å². The van der Waals surface area contributed by atoms with Crippen LogP contribution in [0.5, 0.6) is 0 Å². The van der Waals surface area contributed by atoms with E-state index in [2.05, 4.69) is 4.98 Å². The van der Waals surface area contributed by atoms with Gasteiger partial charge in [-0.15, -0.1) is 0 Å². The summed E-state index contributed by atoms with van der Waals surface area (Å²) in [5.41, 5.74) is 3.37. The Balaban J connectivity index is 2.10. The first kappa shape index (κ1) is 12.7. The highest BCUT2D eigenvalue weighted by Gasteiger charge is 2.10. The van der Waals surface area contributed by atoms with Crippen molar-refractivity contribution in [2.24, 2.45) is 5.84 Å². The van der Waals surface area contributed by atoms with E-state index >= 15 is 0 Å². The third kappa shape index (κ3) is 2.93. The second-order valence-electron chi connectivity index (χ2n) is 3.83. The molecule has 0 aliphatic rings. The van der Waals surface area contributed by atoms with Crippen molar-refractivity contribution in [2.45, 2.75) is 6.54 Å². The number of nitrogens with two attached hydrogens (primary N) is 1. The summed E-state index contributed by atoms with van der Waals surface area (Å²) in [6.45, 7) is 0.436. The van der Waals surface area contributed by atoms with Crippen LogP contribution in [-0.2, 0) is 6.54 Å². The Bertz CT molecular complexity index is 605. The first-order chi connectivity index (χ1) is 9.10. The molecule has 0 unspecified atom stereocenters. The minimum absolute atomic E-state index is 0.195. The lowest BCUT2D eigenvalue weighted by atomic mass is 10.1. The Hall–Kier alpha value is -2.74. The fourth-order valence-electron chi connectivity index (χ4n) is 1.58. The molecule has 0 radical (unpaired) electrons. The van der Waals surface area contributed by atoms with Gasteiger partial charge in [0.25, 0.3) is 5.91 Å². The molecule has 1 aromatic carbocycles. The Kier molecular flexibility index (Phi) is 3.53. The molecule has 2 rings (SSSR count). The number of aromatic nitrogens is 2. The number of carbonyl (C=O) groups excluding carboxylic acids is 1. The molecule has 19 heavy (non-hydrogen) atoms. The second kappa shape index (κ2) is 5.27. The summed E-state index contributed by atoms with van der Waals surface area (Å²) in [5, 5.41) is 10.5. The van der Waals surface area contributed by atoms with Crippen molar-refractivity contribution >= 4 is 11.7 Å². The number of hydrazine groups is 1. The van der Waals surface area contributed by atoms with Crippen LogP contribution in [0, 0.1) is 10.1 Å². The fraction of sp³-hybridized carbons (Fsp3) is 0.0909. The summed E-state index contributed by atoms with van der Waals surface area (Å²) in [5.74, 6) is 4.46. The van der Waals surface area contributed by atoms with Crippen LogP contribution in [0.1, 0.15) is 15.9 Å². The molecule has 0 fully saturated rings. The van der Waals surface area contributed by atoms with Gasteiger partial charge in [-0.2, -0.15) is 0 Å². The summed E-state index contributed by atoms with van der Waals surface area (Å²) >= 11 is 0. The van der Waals surface area contributed by atoms with Crippen LogP contribution in [0.4, 0.5) is 5.82 Å². The number of benzene rings is 1. The van der Waals surface area contributed by atoms with Gasteiger partial charge in [-0.25, -0.2) is 5.84 Å². The first-order valence-corrected chi connectivity index (χ1v) is 5.36. The van der Waals surface area contributed by atoms with E-state index in [1.165, 1.54) is 12.5 Å². The summed E-state index contributed by atoms with van der Waals surface area (Å²) in [4.78, 5) is 24.8. The van der Waals surface area contributed by atoms with Crippen LogP contribution in [0.25, 0.3) is 0 Å². The van der Waals surface area contributed by atoms with Crippen molar-refractivity contribution in [1.29, 1.82) is 0 Å². The predicted octanol–water partition coefficient (Wildman–Crippen LogP) is 0.443. The highest BCUT2D eigenvalue weighted by molar-refractivity contribution is 5.93. The zero-order chi connectivity index (χ0) is 13.8. The van der Waals surface area contributed by atoms with E-state index in [1.807, 2.05) is 5.43 Å². The average Bonchev–Trinajstić information content (AvgIpc) is 2.87. The number of rotatable bonds is 4. The molecule has 1 amide bonds. The van der Waals surface area contributed by atoms with Crippen LogP contribution >= 0.6 is 0 Å². The van der Waals surface area contributed by atoms with Gasteiger partial charge >= 0.3 is 5.82 Å². The van der Waals surface area contributed by atoms with Crippen molar-refractivity contribution in [1.82, 2.24) is 15.0 Å². The lowest BCUT2D eigenvalue weighted by molar-refractivity contribution is -0.389. The van der Waals surface area contributed by atoms with E-state index in [0.717, 1.165) is 5.56 Å². The minimum atomic E-state index is -0.550. The van der Waals surface area contributed by atoms with Crippen molar-refractivity contribution in [3.05, 3.63) is 58.0 Å². The standard InChI is InChI=1S/C11H11N5O3/c12-14-11(17)9-3-1-8(2-4-9)5-15-6-10(13-7-15)16(18)19/h1-4,6-7H,5,12H2,(H,14,17). The van der Waals surface area contributed by atoms with Gasteiger partial charge in [-0.1, -0.05) is 12.1 Å². The summed E-state index contributed by atoms with van der Waals surface area (Å²) in [6, 6.07) is 6.75. The van der Waals surface area contributed by atoms with Gasteiger partial charge in [0.1, 0.15) is 6.20 Å². The number of hydrogen-bond donors (Lipinski definition) is 2. The van der Waals surface area contributed by atoms with Crippen LogP contribution < -0.4 is 11.3 Å². The number of amides is 1. The Morgan fingerprint density at radius 1 is 1.42 bits per heavy atom. The zero-order valence-corrected chi connectivity index (χ0v) is 9.81. The minimum Gasteiger partial charge on any atom is -0.358 e. The molecule has 98 valence electrons. The Morgan fingerprint density at radius 2 is 2.11 bits per heavy atom. The molecule has 0 spiro atoms. The van der Waals surface area contributed by atoms with Crippen molar-refractivity contribution in [2.75, 3.05) is 0 Å². The van der Waals surface area contributed by atoms with Crippen LogP contribution in [0.2, 0.25) is 0 Å². The third-order valence-electron chi connectivity index (χ3n) is 2.52. The number of nitrogens with one attached hydrogen (secondary N) is 1. The fourth-order valence-corrected chi connectivity index (χ4v) is 1.58. The highest BCUT2D eigenvalue weighted by Crippen LogP contribution is 2.10. The van der Waals surface area contributed by atoms with Crippen molar-refractivity contribution in [3.63, 3.8) is 0 Å². The van der Waals surface area contributed by atoms with Gasteiger partial charge in [-0.3, -0.25) is 10.2 Å². The first-order valence-electron chi connectivity index (χ1n) is 5.36. The predicted molar refractivity (Wildman–Crippen MR) is 66.1 cm³/mol. The third-order valence-corrected chi connectivity index (χ3v) is 2.52. The van der Waals surface area contributed by atoms with Gasteiger partial charge in [-0.05, 0) is 27.6 Å². The van der Waals surface area contributed by atoms with E-state index in [4.69, 9.17) is 5.84 Å². The molecule has 8 nitrogen and oxygen atoms in total. The molecule has 0 saturated carbocycles. The summed E-state index contributed by atoms with van der Waals surface area (Å²) < 4.78 is 1.59. The SMILES string of the molecule is NNC(=O)c1ccc(Cn2cnc([N+](=O)[O-])c2)cc1. The molecule has 0 bridgehead atoms. The molecular weight excluding hydrogens is 250 g/mol. The summed E-state index contributed by atoms with van der Waals surface area (Å²) in [6.07, 6.45) is 2.74. The number of nitro groups is 1. The van der Waals surface area contributed by atoms with Gasteiger partial charge in [0.2, 0.25) is 6.33 Å². The van der Waals surface area contributed by atoms with E-state index < -0.39 is 4.92 Å². The smallest absolute Gasteiger partial charge is 0.358 e. The normalized spacial score (nSPS) is 10.2. The lowest BCUT2D eigenvalue weighted by Crippen LogP contribution is -2.29. The molecule has 8 heteroatoms. The van der Waals surface area contributed by atoms with Crippen LogP contribution in [-0.4, -0.2) is 20.4 Å². The van der Waals surface area contributed by atoms with E-state index in [9.17, 15) is 14.9 Å². The lowest BCUT2D eigenvalue weighted by Gasteiger charge is -2.03. The highest BCUT2D eigenvalue weighted by atomic mass is 16.6. The van der Waals surface area contributed by atoms with Crippen LogP contribution in [0.3, 0.4) is 0 Å². The van der Waals surface area contributed by atoms with Gasteiger partial charge in [0.15, 0.2) is 0 Å². The van der Waals surface area contributed by atoms with Crippen molar-refractivity contribution < 1.29 is 9.72 Å². The molecule has 2 aromatic rings. The maximum Gasteiger partial charge on any atom is 0.381 e. The largest absolute Gasteiger partial charge is 0.381 e. The molecule has 1 heterocycles. The number of hydrogen-bond acceptors (Lipinski definition) is 5. The number of nitrogens with zero attached hydrogens (tertiary/aromatic N) is 3. The number of imidazole rings is 1. The molecule has 1 aromatic heterocycles. The summed E-state index contributed by atoms with van der Waals surface area (Å²) in [7, 11) is 0. The number of carbonyl (C=O) groups is 1. The topological polar surface area (TPSA) is 116 Å². The maximum absolute atomic E-state index is 11.2. The van der Waals surface area contributed by atoms with Gasteiger partial charge in [0.05, 0.1) is 6.54 Å². The van der Waals surface area contributed by atoms with Gasteiger partial charge in [0, 0.05) is 5.56 Å². The quantitative estimate of drug-likeness (QED) is 0.358.